The van der Waals surface area contributed by atoms with Gasteiger partial charge in [0.2, 0.25) is 0 Å². The van der Waals surface area contributed by atoms with Gasteiger partial charge in [-0.05, 0) is 43.3 Å². The van der Waals surface area contributed by atoms with Gasteiger partial charge in [0.1, 0.15) is 5.82 Å². The van der Waals surface area contributed by atoms with Crippen LogP contribution in [0.25, 0.3) is 27.4 Å². The summed E-state index contributed by atoms with van der Waals surface area (Å²) in [5.74, 6) is 0.932. The molecule has 0 saturated heterocycles. The van der Waals surface area contributed by atoms with Gasteiger partial charge in [-0.2, -0.15) is 5.10 Å². The number of nitrogens with zero attached hydrogens (tertiary/aromatic N) is 5. The molecule has 3 aromatic heterocycles. The zero-order valence-electron chi connectivity index (χ0n) is 16.2. The summed E-state index contributed by atoms with van der Waals surface area (Å²) in [5, 5.41) is 9.56. The van der Waals surface area contributed by atoms with Gasteiger partial charge in [-0.3, -0.25) is 4.79 Å². The lowest BCUT2D eigenvalue weighted by Gasteiger charge is -2.12. The summed E-state index contributed by atoms with van der Waals surface area (Å²) in [5.41, 5.74) is 1.25. The highest BCUT2D eigenvalue weighted by atomic mass is 35.5. The third-order valence-corrected chi connectivity index (χ3v) is 5.88. The van der Waals surface area contributed by atoms with E-state index in [1.165, 1.54) is 22.1 Å². The van der Waals surface area contributed by atoms with Crippen LogP contribution in [0.2, 0.25) is 10.0 Å². The molecule has 0 radical (unpaired) electrons. The summed E-state index contributed by atoms with van der Waals surface area (Å²) in [6.45, 7) is 2.84. The average Bonchev–Trinajstić information content (AvgIpc) is 3.22. The van der Waals surface area contributed by atoms with Crippen molar-refractivity contribution in [3.05, 3.63) is 73.9 Å². The molecule has 6 nitrogen and oxygen atoms in total. The van der Waals surface area contributed by atoms with Crippen LogP contribution in [0.15, 0.2) is 57.9 Å². The summed E-state index contributed by atoms with van der Waals surface area (Å²) in [7, 11) is 1.91. The topological polar surface area (TPSA) is 63.4 Å². The highest BCUT2D eigenvalue weighted by Gasteiger charge is 2.17. The van der Waals surface area contributed by atoms with E-state index < -0.39 is 0 Å². The number of hydrazone groups is 1. The number of hydrogen-bond donors (Lipinski definition) is 0. The van der Waals surface area contributed by atoms with E-state index in [0.29, 0.717) is 32.6 Å². The van der Waals surface area contributed by atoms with Crippen molar-refractivity contribution in [3.63, 3.8) is 0 Å². The Morgan fingerprint density at radius 1 is 1.20 bits per heavy atom. The molecule has 0 fully saturated rings. The van der Waals surface area contributed by atoms with Crippen LogP contribution >= 0.6 is 34.5 Å². The van der Waals surface area contributed by atoms with Crippen LogP contribution in [0.4, 0.5) is 0 Å². The number of benzene rings is 1. The molecule has 0 spiro atoms. The van der Waals surface area contributed by atoms with Crippen molar-refractivity contribution in [1.29, 1.82) is 0 Å². The van der Waals surface area contributed by atoms with Crippen LogP contribution in [0.1, 0.15) is 12.5 Å². The average molecular weight is 458 g/mol. The second kappa shape index (κ2) is 8.55. The maximum Gasteiger partial charge on any atom is 0.267 e. The fourth-order valence-corrected chi connectivity index (χ4v) is 3.94. The van der Waals surface area contributed by atoms with Crippen molar-refractivity contribution >= 4 is 51.7 Å². The summed E-state index contributed by atoms with van der Waals surface area (Å²) < 4.78 is 1.49. The number of fused-ring (bicyclic) bond motifs is 1. The third kappa shape index (κ3) is 4.09. The molecule has 0 amide bonds. The second-order valence-electron chi connectivity index (χ2n) is 6.53. The van der Waals surface area contributed by atoms with Gasteiger partial charge in [0.05, 0.1) is 27.0 Å². The Morgan fingerprint density at radius 3 is 2.73 bits per heavy atom. The Hall–Kier alpha value is -2.74. The first-order valence-electron chi connectivity index (χ1n) is 9.14. The number of rotatable bonds is 5. The Balaban J connectivity index is 1.92. The first-order valence-corrected chi connectivity index (χ1v) is 10.8. The highest BCUT2D eigenvalue weighted by Crippen LogP contribution is 2.28. The highest BCUT2D eigenvalue weighted by molar-refractivity contribution is 7.13. The lowest BCUT2D eigenvalue weighted by molar-refractivity contribution is 0.377. The zero-order valence-corrected chi connectivity index (χ0v) is 18.5. The van der Waals surface area contributed by atoms with Crippen molar-refractivity contribution in [3.8, 4) is 16.5 Å². The van der Waals surface area contributed by atoms with Crippen molar-refractivity contribution in [1.82, 2.24) is 19.5 Å². The molecule has 0 N–H and O–H groups in total. The van der Waals surface area contributed by atoms with E-state index in [9.17, 15) is 4.79 Å². The first kappa shape index (κ1) is 20.5. The molecule has 152 valence electrons. The SMILES string of the molecule is CCN(C)N=Cc1csc(-c2nc3ccc(Cl)cc3c(=O)n2-c2ccc(Cl)cn2)c1. The van der Waals surface area contributed by atoms with Crippen molar-refractivity contribution in [2.45, 2.75) is 6.92 Å². The Bertz CT molecular complexity index is 1300. The zero-order chi connectivity index (χ0) is 21.3. The summed E-state index contributed by atoms with van der Waals surface area (Å²) in [4.78, 5) is 23.3. The van der Waals surface area contributed by atoms with E-state index in [2.05, 4.69) is 10.1 Å². The predicted molar refractivity (Wildman–Crippen MR) is 124 cm³/mol. The number of pyridine rings is 1. The molecule has 0 bridgehead atoms. The number of thiophene rings is 1. The van der Waals surface area contributed by atoms with Crippen LogP contribution < -0.4 is 5.56 Å². The Morgan fingerprint density at radius 2 is 2.00 bits per heavy atom. The van der Waals surface area contributed by atoms with E-state index in [0.717, 1.165) is 17.0 Å². The van der Waals surface area contributed by atoms with Crippen LogP contribution in [-0.4, -0.2) is 39.4 Å². The molecule has 0 unspecified atom stereocenters. The van der Waals surface area contributed by atoms with Crippen LogP contribution in [0.3, 0.4) is 0 Å². The predicted octanol–water partition coefficient (Wildman–Crippen LogP) is 5.10. The molecule has 4 rings (SSSR count). The van der Waals surface area contributed by atoms with E-state index in [1.54, 1.807) is 36.5 Å². The van der Waals surface area contributed by atoms with E-state index in [1.807, 2.05) is 30.4 Å². The van der Waals surface area contributed by atoms with Gasteiger partial charge in [0.15, 0.2) is 5.82 Å². The first-order chi connectivity index (χ1) is 14.5. The van der Waals surface area contributed by atoms with Crippen LogP contribution in [0, 0.1) is 0 Å². The number of aromatic nitrogens is 3. The minimum absolute atomic E-state index is 0.248. The van der Waals surface area contributed by atoms with E-state index >= 15 is 0 Å². The quantitative estimate of drug-likeness (QED) is 0.308. The molecule has 30 heavy (non-hydrogen) atoms. The fraction of sp³-hybridized carbons (Fsp3) is 0.143. The molecule has 4 aromatic rings. The van der Waals surface area contributed by atoms with E-state index in [4.69, 9.17) is 28.2 Å². The van der Waals surface area contributed by atoms with Crippen molar-refractivity contribution < 1.29 is 0 Å². The molecule has 0 atom stereocenters. The Labute approximate surface area is 187 Å². The summed E-state index contributed by atoms with van der Waals surface area (Å²) >= 11 is 13.6. The van der Waals surface area contributed by atoms with Gasteiger partial charge in [0, 0.05) is 35.8 Å². The maximum absolute atomic E-state index is 13.4. The number of hydrogen-bond acceptors (Lipinski definition) is 6. The smallest absolute Gasteiger partial charge is 0.267 e. The van der Waals surface area contributed by atoms with Crippen molar-refractivity contribution in [2.75, 3.05) is 13.6 Å². The van der Waals surface area contributed by atoms with Crippen molar-refractivity contribution in [2.24, 2.45) is 5.10 Å². The third-order valence-electron chi connectivity index (χ3n) is 4.47. The molecular formula is C21H17Cl2N5OS. The molecule has 9 heteroatoms. The van der Waals surface area contributed by atoms with Gasteiger partial charge >= 0.3 is 0 Å². The van der Waals surface area contributed by atoms with E-state index in [-0.39, 0.29) is 5.56 Å². The molecule has 0 aliphatic carbocycles. The minimum atomic E-state index is -0.248. The molecule has 0 aliphatic heterocycles. The lowest BCUT2D eigenvalue weighted by atomic mass is 10.2. The van der Waals surface area contributed by atoms with Crippen LogP contribution in [0.5, 0.6) is 0 Å². The minimum Gasteiger partial charge on any atom is -0.300 e. The summed E-state index contributed by atoms with van der Waals surface area (Å²) in [6, 6.07) is 10.4. The Kier molecular flexibility index (Phi) is 5.85. The summed E-state index contributed by atoms with van der Waals surface area (Å²) in [6.07, 6.45) is 3.29. The fourth-order valence-electron chi connectivity index (χ4n) is 2.82. The van der Waals surface area contributed by atoms with Crippen LogP contribution in [-0.2, 0) is 0 Å². The molecule has 1 aromatic carbocycles. The van der Waals surface area contributed by atoms with Gasteiger partial charge in [-0.15, -0.1) is 11.3 Å². The monoisotopic (exact) mass is 457 g/mol. The number of halogens is 2. The normalized spacial score (nSPS) is 11.5. The van der Waals surface area contributed by atoms with Gasteiger partial charge < -0.3 is 5.01 Å². The van der Waals surface area contributed by atoms with Gasteiger partial charge in [-0.25, -0.2) is 14.5 Å². The van der Waals surface area contributed by atoms with Gasteiger partial charge in [0.25, 0.3) is 5.56 Å². The van der Waals surface area contributed by atoms with Gasteiger partial charge in [-0.1, -0.05) is 23.2 Å². The molecule has 0 aliphatic rings. The molecule has 0 saturated carbocycles. The maximum atomic E-state index is 13.4. The lowest BCUT2D eigenvalue weighted by Crippen LogP contribution is -2.22. The molecule has 3 heterocycles. The standard InChI is InChI=1S/C21H17Cl2N5OS/c1-3-27(2)25-10-13-8-18(30-12-13)20-26-17-6-4-14(22)9-16(17)21(29)28(20)19-7-5-15(23)11-24-19/h4-12H,3H2,1-2H3. The molecular weight excluding hydrogens is 441 g/mol. The largest absolute Gasteiger partial charge is 0.300 e. The second-order valence-corrected chi connectivity index (χ2v) is 8.32.